The van der Waals surface area contributed by atoms with Crippen molar-refractivity contribution in [2.75, 3.05) is 24.7 Å². The number of hydrogen-bond donors (Lipinski definition) is 3. The molecule has 4 N–H and O–H groups in total. The largest absolute Gasteiger partial charge is 0.497 e. The van der Waals surface area contributed by atoms with E-state index in [1.54, 1.807) is 37.4 Å². The van der Waals surface area contributed by atoms with Crippen molar-refractivity contribution in [1.82, 2.24) is 5.32 Å². The van der Waals surface area contributed by atoms with Crippen LogP contribution in [0.25, 0.3) is 0 Å². The van der Waals surface area contributed by atoms with Gasteiger partial charge in [-0.25, -0.2) is 0 Å². The van der Waals surface area contributed by atoms with E-state index in [-0.39, 0.29) is 17.6 Å². The normalized spacial score (nSPS) is 11.0. The van der Waals surface area contributed by atoms with Crippen molar-refractivity contribution in [3.63, 3.8) is 0 Å². The Hall–Kier alpha value is -2.51. The van der Waals surface area contributed by atoms with E-state index in [1.165, 1.54) is 11.8 Å². The molecule has 0 radical (unpaired) electrons. The van der Waals surface area contributed by atoms with Crippen LogP contribution in [0, 0.1) is 0 Å². The van der Waals surface area contributed by atoms with Gasteiger partial charge in [-0.2, -0.15) is 0 Å². The first kappa shape index (κ1) is 20.8. The van der Waals surface area contributed by atoms with E-state index >= 15 is 0 Å². The van der Waals surface area contributed by atoms with E-state index in [0.717, 1.165) is 4.90 Å². The minimum atomic E-state index is -0.492. The molecular formula is C20H25N3O3S. The Morgan fingerprint density at radius 2 is 1.89 bits per heavy atom. The van der Waals surface area contributed by atoms with Crippen molar-refractivity contribution in [2.24, 2.45) is 5.73 Å². The Balaban J connectivity index is 1.97. The monoisotopic (exact) mass is 387 g/mol. The van der Waals surface area contributed by atoms with E-state index in [0.29, 0.717) is 23.5 Å². The summed E-state index contributed by atoms with van der Waals surface area (Å²) in [6.07, 6.45) is 0. The molecule has 0 saturated carbocycles. The molecule has 27 heavy (non-hydrogen) atoms. The second kappa shape index (κ2) is 9.43. The molecule has 144 valence electrons. The molecule has 0 unspecified atom stereocenters. The summed E-state index contributed by atoms with van der Waals surface area (Å²) in [6, 6.07) is 14.4. The number of carbonyl (C=O) groups is 2. The smallest absolute Gasteiger partial charge is 0.252 e. The van der Waals surface area contributed by atoms with Crippen molar-refractivity contribution >= 4 is 29.3 Å². The molecule has 0 atom stereocenters. The predicted molar refractivity (Wildman–Crippen MR) is 109 cm³/mol. The highest BCUT2D eigenvalue weighted by atomic mass is 32.2. The topological polar surface area (TPSA) is 93.4 Å². The number of benzene rings is 2. The molecule has 0 aliphatic carbocycles. The highest BCUT2D eigenvalue weighted by Crippen LogP contribution is 2.23. The quantitative estimate of drug-likeness (QED) is 0.606. The molecule has 0 bridgehead atoms. The summed E-state index contributed by atoms with van der Waals surface area (Å²) in [5.74, 6) is 0.492. The maximum absolute atomic E-state index is 12.4. The fourth-order valence-electron chi connectivity index (χ4n) is 2.22. The summed E-state index contributed by atoms with van der Waals surface area (Å²) < 4.78 is 5.14. The molecule has 2 amide bonds. The standard InChI is InChI=1S/C20H25N3O3S/c1-20(2,21)13-22-19(25)16-9-4-5-10-17(16)27-12-18(24)23-14-7-6-8-15(11-14)26-3/h4-11H,12-13,21H2,1-3H3,(H,22,25)(H,23,24). The van der Waals surface area contributed by atoms with Crippen LogP contribution >= 0.6 is 11.8 Å². The summed E-state index contributed by atoms with van der Waals surface area (Å²) in [6.45, 7) is 4.05. The number of methoxy groups -OCH3 is 1. The van der Waals surface area contributed by atoms with Gasteiger partial charge in [-0.05, 0) is 38.1 Å². The molecule has 0 aromatic heterocycles. The number of ether oxygens (including phenoxy) is 1. The highest BCUT2D eigenvalue weighted by Gasteiger charge is 2.16. The van der Waals surface area contributed by atoms with E-state index < -0.39 is 5.54 Å². The zero-order valence-corrected chi connectivity index (χ0v) is 16.6. The van der Waals surface area contributed by atoms with Gasteiger partial charge in [0, 0.05) is 28.7 Å². The summed E-state index contributed by atoms with van der Waals surface area (Å²) in [5, 5.41) is 5.65. The third-order valence-electron chi connectivity index (χ3n) is 3.55. The second-order valence-electron chi connectivity index (χ2n) is 6.74. The van der Waals surface area contributed by atoms with Crippen LogP contribution in [0.15, 0.2) is 53.4 Å². The van der Waals surface area contributed by atoms with E-state index in [1.807, 2.05) is 32.0 Å². The van der Waals surface area contributed by atoms with Crippen LogP contribution in [-0.2, 0) is 4.79 Å². The summed E-state index contributed by atoms with van der Waals surface area (Å²) in [7, 11) is 1.57. The van der Waals surface area contributed by atoms with Gasteiger partial charge in [0.2, 0.25) is 5.91 Å². The summed E-state index contributed by atoms with van der Waals surface area (Å²) in [4.78, 5) is 25.4. The molecule has 0 aliphatic rings. The van der Waals surface area contributed by atoms with Gasteiger partial charge in [0.05, 0.1) is 18.4 Å². The van der Waals surface area contributed by atoms with Gasteiger partial charge in [-0.15, -0.1) is 11.8 Å². The van der Waals surface area contributed by atoms with Crippen LogP contribution in [-0.4, -0.2) is 36.8 Å². The number of anilines is 1. The molecule has 0 saturated heterocycles. The number of nitrogens with two attached hydrogens (primary N) is 1. The Labute approximate surface area is 163 Å². The number of thioether (sulfide) groups is 1. The fraction of sp³-hybridized carbons (Fsp3) is 0.300. The first-order valence-corrected chi connectivity index (χ1v) is 9.50. The lowest BCUT2D eigenvalue weighted by Crippen LogP contribution is -2.45. The van der Waals surface area contributed by atoms with Gasteiger partial charge >= 0.3 is 0 Å². The lowest BCUT2D eigenvalue weighted by atomic mass is 10.1. The first-order valence-electron chi connectivity index (χ1n) is 8.51. The Morgan fingerprint density at radius 3 is 2.59 bits per heavy atom. The van der Waals surface area contributed by atoms with Crippen LogP contribution in [0.2, 0.25) is 0 Å². The van der Waals surface area contributed by atoms with Crippen molar-refractivity contribution in [3.8, 4) is 5.75 Å². The predicted octanol–water partition coefficient (Wildman–Crippen LogP) is 2.89. The average Bonchev–Trinajstić information content (AvgIpc) is 2.64. The Bertz CT molecular complexity index is 803. The number of carbonyl (C=O) groups excluding carboxylic acids is 2. The number of nitrogens with one attached hydrogen (secondary N) is 2. The number of amides is 2. The molecule has 2 aromatic rings. The molecule has 0 heterocycles. The van der Waals surface area contributed by atoms with Gasteiger partial charge < -0.3 is 21.1 Å². The molecular weight excluding hydrogens is 362 g/mol. The van der Waals surface area contributed by atoms with E-state index in [2.05, 4.69) is 10.6 Å². The van der Waals surface area contributed by atoms with Crippen molar-refractivity contribution in [2.45, 2.75) is 24.3 Å². The van der Waals surface area contributed by atoms with Crippen molar-refractivity contribution in [3.05, 3.63) is 54.1 Å². The zero-order valence-electron chi connectivity index (χ0n) is 15.7. The van der Waals surface area contributed by atoms with Crippen LogP contribution in [0.1, 0.15) is 24.2 Å². The minimum Gasteiger partial charge on any atom is -0.497 e. The summed E-state index contributed by atoms with van der Waals surface area (Å²) >= 11 is 1.31. The molecule has 2 rings (SSSR count). The van der Waals surface area contributed by atoms with Crippen LogP contribution in [0.3, 0.4) is 0 Å². The van der Waals surface area contributed by atoms with Gasteiger partial charge in [0.25, 0.3) is 5.91 Å². The fourth-order valence-corrected chi connectivity index (χ4v) is 3.07. The maximum atomic E-state index is 12.4. The molecule has 2 aromatic carbocycles. The van der Waals surface area contributed by atoms with Gasteiger partial charge in [-0.1, -0.05) is 18.2 Å². The van der Waals surface area contributed by atoms with E-state index in [9.17, 15) is 9.59 Å². The number of hydrogen-bond acceptors (Lipinski definition) is 5. The zero-order chi connectivity index (χ0) is 19.9. The first-order chi connectivity index (χ1) is 12.8. The average molecular weight is 388 g/mol. The van der Waals surface area contributed by atoms with Gasteiger partial charge in [0.1, 0.15) is 5.75 Å². The van der Waals surface area contributed by atoms with Crippen LogP contribution in [0.5, 0.6) is 5.75 Å². The lowest BCUT2D eigenvalue weighted by Gasteiger charge is -2.19. The third-order valence-corrected chi connectivity index (χ3v) is 4.62. The third kappa shape index (κ3) is 6.96. The highest BCUT2D eigenvalue weighted by molar-refractivity contribution is 8.00. The number of rotatable bonds is 8. The molecule has 7 heteroatoms. The second-order valence-corrected chi connectivity index (χ2v) is 7.75. The Kier molecular flexibility index (Phi) is 7.27. The maximum Gasteiger partial charge on any atom is 0.252 e. The SMILES string of the molecule is COc1cccc(NC(=O)CSc2ccccc2C(=O)NCC(C)(C)N)c1. The molecule has 6 nitrogen and oxygen atoms in total. The minimum absolute atomic E-state index is 0.161. The van der Waals surface area contributed by atoms with Gasteiger partial charge in [0.15, 0.2) is 0 Å². The molecule has 0 fully saturated rings. The van der Waals surface area contributed by atoms with Crippen LogP contribution in [0.4, 0.5) is 5.69 Å². The van der Waals surface area contributed by atoms with E-state index in [4.69, 9.17) is 10.5 Å². The lowest BCUT2D eigenvalue weighted by molar-refractivity contribution is -0.113. The van der Waals surface area contributed by atoms with Crippen molar-refractivity contribution < 1.29 is 14.3 Å². The Morgan fingerprint density at radius 1 is 1.15 bits per heavy atom. The summed E-state index contributed by atoms with van der Waals surface area (Å²) in [5.41, 5.74) is 6.61. The molecule has 0 aliphatic heterocycles. The molecule has 0 spiro atoms. The van der Waals surface area contributed by atoms with Crippen LogP contribution < -0.4 is 21.1 Å². The van der Waals surface area contributed by atoms with Crippen molar-refractivity contribution in [1.29, 1.82) is 0 Å². The van der Waals surface area contributed by atoms with Gasteiger partial charge in [-0.3, -0.25) is 9.59 Å².